The lowest BCUT2D eigenvalue weighted by Gasteiger charge is -2.09. The third kappa shape index (κ3) is 8.99. The van der Waals surface area contributed by atoms with Crippen molar-refractivity contribution < 1.29 is 19.4 Å². The quantitative estimate of drug-likeness (QED) is 0.534. The molecule has 0 fully saturated rings. The molecule has 16 heavy (non-hydrogen) atoms. The van der Waals surface area contributed by atoms with Crippen LogP contribution in [0.3, 0.4) is 0 Å². The second kappa shape index (κ2) is 8.71. The molecule has 1 atom stereocenters. The van der Waals surface area contributed by atoms with Crippen molar-refractivity contribution in [1.29, 1.82) is 0 Å². The van der Waals surface area contributed by atoms with Gasteiger partial charge in [0.2, 0.25) is 0 Å². The fourth-order valence-corrected chi connectivity index (χ4v) is 1.01. The van der Waals surface area contributed by atoms with E-state index >= 15 is 0 Å². The van der Waals surface area contributed by atoms with Crippen molar-refractivity contribution in [2.75, 3.05) is 0 Å². The van der Waals surface area contributed by atoms with Gasteiger partial charge in [0, 0.05) is 6.42 Å². The topological polar surface area (TPSA) is 63.6 Å². The van der Waals surface area contributed by atoms with Crippen LogP contribution in [0.2, 0.25) is 0 Å². The van der Waals surface area contributed by atoms with Gasteiger partial charge in [-0.15, -0.1) is 0 Å². The molecule has 0 spiro atoms. The van der Waals surface area contributed by atoms with Gasteiger partial charge in [0.25, 0.3) is 0 Å². The van der Waals surface area contributed by atoms with Crippen molar-refractivity contribution in [3.63, 3.8) is 0 Å². The molecule has 0 saturated heterocycles. The van der Waals surface area contributed by atoms with Gasteiger partial charge in [0.15, 0.2) is 0 Å². The molecule has 0 amide bonds. The van der Waals surface area contributed by atoms with E-state index in [1.807, 2.05) is 6.92 Å². The van der Waals surface area contributed by atoms with Crippen LogP contribution in [0.25, 0.3) is 0 Å². The zero-order valence-corrected chi connectivity index (χ0v) is 9.68. The van der Waals surface area contributed by atoms with Gasteiger partial charge in [-0.25, -0.2) is 0 Å². The monoisotopic (exact) mass is 226 g/mol. The van der Waals surface area contributed by atoms with E-state index in [1.54, 1.807) is 31.2 Å². The van der Waals surface area contributed by atoms with E-state index in [4.69, 9.17) is 9.84 Å². The van der Waals surface area contributed by atoms with E-state index < -0.39 is 5.97 Å². The number of carbonyl (C=O) groups is 2. The maximum Gasteiger partial charge on any atom is 0.309 e. The van der Waals surface area contributed by atoms with Crippen LogP contribution < -0.4 is 0 Å². The third-order valence-corrected chi connectivity index (χ3v) is 1.78. The van der Waals surface area contributed by atoms with Crippen LogP contribution in [0.1, 0.15) is 33.1 Å². The maximum absolute atomic E-state index is 11.2. The van der Waals surface area contributed by atoms with Gasteiger partial charge < -0.3 is 9.84 Å². The summed E-state index contributed by atoms with van der Waals surface area (Å²) in [4.78, 5) is 21.4. The summed E-state index contributed by atoms with van der Waals surface area (Å²) in [7, 11) is 0. The molecule has 0 radical (unpaired) electrons. The lowest BCUT2D eigenvalue weighted by Crippen LogP contribution is -2.13. The number of allylic oxidation sites excluding steroid dienone is 1. The summed E-state index contributed by atoms with van der Waals surface area (Å²) >= 11 is 0. The van der Waals surface area contributed by atoms with E-state index in [1.165, 1.54) is 0 Å². The number of carboxylic acids is 1. The van der Waals surface area contributed by atoms with Crippen LogP contribution in [0.5, 0.6) is 0 Å². The Labute approximate surface area is 95.6 Å². The number of aliphatic carboxylic acids is 1. The molecular formula is C12H18O4. The number of ether oxygens (including phenoxy) is 1. The Morgan fingerprint density at radius 2 is 1.94 bits per heavy atom. The predicted molar refractivity (Wildman–Crippen MR) is 61.0 cm³/mol. The summed E-state index contributed by atoms with van der Waals surface area (Å²) in [5.41, 5.74) is 0. The molecule has 4 nitrogen and oxygen atoms in total. The SMILES string of the molecule is CC=CCC(=O)OC(C)CC=CCC(=O)O. The summed E-state index contributed by atoms with van der Waals surface area (Å²) in [6, 6.07) is 0. The number of carbonyl (C=O) groups excluding carboxylic acids is 1. The summed E-state index contributed by atoms with van der Waals surface area (Å²) in [5, 5.41) is 8.38. The molecule has 90 valence electrons. The summed E-state index contributed by atoms with van der Waals surface area (Å²) < 4.78 is 5.07. The second-order valence-electron chi connectivity index (χ2n) is 3.38. The molecule has 0 aliphatic heterocycles. The standard InChI is InChI=1S/C12H18O4/c1-3-4-9-12(15)16-10(2)7-5-6-8-11(13)14/h3-6,10H,7-9H2,1-2H3,(H,13,14). The van der Waals surface area contributed by atoms with E-state index in [-0.39, 0.29) is 24.9 Å². The second-order valence-corrected chi connectivity index (χ2v) is 3.38. The number of carboxylic acid groups (broad SMARTS) is 1. The lowest BCUT2D eigenvalue weighted by atomic mass is 10.2. The van der Waals surface area contributed by atoms with Crippen LogP contribution in [0, 0.1) is 0 Å². The Bertz CT molecular complexity index is 279. The summed E-state index contributed by atoms with van der Waals surface area (Å²) in [5.74, 6) is -1.13. The normalized spacial score (nSPS) is 13.1. The highest BCUT2D eigenvalue weighted by Crippen LogP contribution is 2.02. The molecule has 0 rings (SSSR count). The zero-order chi connectivity index (χ0) is 12.4. The van der Waals surface area contributed by atoms with E-state index in [0.717, 1.165) is 0 Å². The van der Waals surface area contributed by atoms with Crippen LogP contribution in [0.4, 0.5) is 0 Å². The highest BCUT2D eigenvalue weighted by molar-refractivity contribution is 5.71. The van der Waals surface area contributed by atoms with Crippen molar-refractivity contribution >= 4 is 11.9 Å². The van der Waals surface area contributed by atoms with Crippen molar-refractivity contribution in [3.05, 3.63) is 24.3 Å². The smallest absolute Gasteiger partial charge is 0.309 e. The highest BCUT2D eigenvalue weighted by Gasteiger charge is 2.05. The van der Waals surface area contributed by atoms with Crippen LogP contribution in [-0.4, -0.2) is 23.1 Å². The van der Waals surface area contributed by atoms with Crippen molar-refractivity contribution in [3.8, 4) is 0 Å². The first-order valence-electron chi connectivity index (χ1n) is 5.23. The molecule has 1 N–H and O–H groups in total. The Hall–Kier alpha value is -1.58. The number of hydrogen-bond acceptors (Lipinski definition) is 3. The minimum Gasteiger partial charge on any atom is -0.481 e. The van der Waals surface area contributed by atoms with Crippen LogP contribution >= 0.6 is 0 Å². The molecule has 0 heterocycles. The Kier molecular flexibility index (Phi) is 7.85. The average molecular weight is 226 g/mol. The molecule has 0 aromatic rings. The largest absolute Gasteiger partial charge is 0.481 e. The summed E-state index contributed by atoms with van der Waals surface area (Å²) in [6.07, 6.45) is 7.38. The predicted octanol–water partition coefficient (Wildman–Crippen LogP) is 2.31. The highest BCUT2D eigenvalue weighted by atomic mass is 16.5. The Morgan fingerprint density at radius 1 is 1.25 bits per heavy atom. The fourth-order valence-electron chi connectivity index (χ4n) is 1.01. The van der Waals surface area contributed by atoms with Crippen LogP contribution in [0.15, 0.2) is 24.3 Å². The first-order chi connectivity index (χ1) is 7.56. The molecule has 1 unspecified atom stereocenters. The first kappa shape index (κ1) is 14.4. The van der Waals surface area contributed by atoms with E-state index in [2.05, 4.69) is 0 Å². The average Bonchev–Trinajstić information content (AvgIpc) is 2.21. The first-order valence-corrected chi connectivity index (χ1v) is 5.23. The molecule has 0 saturated carbocycles. The Balaban J connectivity index is 3.73. The molecule has 4 heteroatoms. The Morgan fingerprint density at radius 3 is 2.50 bits per heavy atom. The van der Waals surface area contributed by atoms with Gasteiger partial charge in [-0.3, -0.25) is 9.59 Å². The van der Waals surface area contributed by atoms with Gasteiger partial charge in [-0.05, 0) is 13.8 Å². The van der Waals surface area contributed by atoms with Crippen molar-refractivity contribution in [1.82, 2.24) is 0 Å². The van der Waals surface area contributed by atoms with Gasteiger partial charge in [0.05, 0.1) is 12.8 Å². The van der Waals surface area contributed by atoms with E-state index in [9.17, 15) is 9.59 Å². The maximum atomic E-state index is 11.2. The van der Waals surface area contributed by atoms with Gasteiger partial charge in [-0.1, -0.05) is 24.3 Å². The number of esters is 1. The number of hydrogen-bond donors (Lipinski definition) is 1. The lowest BCUT2D eigenvalue weighted by molar-refractivity contribution is -0.147. The molecule has 0 aromatic carbocycles. The molecule has 0 aromatic heterocycles. The summed E-state index contributed by atoms with van der Waals surface area (Å²) in [6.45, 7) is 3.62. The zero-order valence-electron chi connectivity index (χ0n) is 9.68. The van der Waals surface area contributed by atoms with E-state index in [0.29, 0.717) is 6.42 Å². The molecule has 0 bridgehead atoms. The third-order valence-electron chi connectivity index (χ3n) is 1.78. The molecular weight excluding hydrogens is 208 g/mol. The minimum atomic E-state index is -0.867. The molecule has 0 aliphatic rings. The fraction of sp³-hybridized carbons (Fsp3) is 0.500. The van der Waals surface area contributed by atoms with Crippen LogP contribution in [-0.2, 0) is 14.3 Å². The van der Waals surface area contributed by atoms with Gasteiger partial charge in [0.1, 0.15) is 6.10 Å². The van der Waals surface area contributed by atoms with Crippen molar-refractivity contribution in [2.45, 2.75) is 39.2 Å². The van der Waals surface area contributed by atoms with Gasteiger partial charge >= 0.3 is 11.9 Å². The minimum absolute atomic E-state index is 0.000755. The van der Waals surface area contributed by atoms with Crippen molar-refractivity contribution in [2.24, 2.45) is 0 Å². The van der Waals surface area contributed by atoms with Gasteiger partial charge in [-0.2, -0.15) is 0 Å². The number of rotatable bonds is 7. The molecule has 0 aliphatic carbocycles.